The number of rotatable bonds is 9. The molecule has 0 saturated carbocycles. The van der Waals surface area contributed by atoms with Crippen LogP contribution in [0.4, 0.5) is 0 Å². The van der Waals surface area contributed by atoms with Crippen LogP contribution in [0.5, 0.6) is 0 Å². The minimum atomic E-state index is 0.0946. The summed E-state index contributed by atoms with van der Waals surface area (Å²) in [5.74, 6) is 1.13. The topological polar surface area (TPSA) is 63.9 Å². The number of aromatic nitrogens is 4. The molecule has 174 valence electrons. The summed E-state index contributed by atoms with van der Waals surface area (Å²) >= 11 is 1.42. The summed E-state index contributed by atoms with van der Waals surface area (Å²) in [5.41, 5.74) is 5.39. The lowest BCUT2D eigenvalue weighted by Gasteiger charge is -2.22. The van der Waals surface area contributed by atoms with Crippen molar-refractivity contribution in [2.75, 3.05) is 12.3 Å². The Morgan fingerprint density at radius 3 is 2.41 bits per heavy atom. The second-order valence-corrected chi connectivity index (χ2v) is 9.20. The summed E-state index contributed by atoms with van der Waals surface area (Å²) in [4.78, 5) is 19.3. The molecule has 7 heteroatoms. The third kappa shape index (κ3) is 5.54. The highest BCUT2D eigenvalue weighted by atomic mass is 32.2. The van der Waals surface area contributed by atoms with Crippen molar-refractivity contribution < 1.29 is 4.79 Å². The summed E-state index contributed by atoms with van der Waals surface area (Å²) in [6.07, 6.45) is 4.40. The predicted octanol–water partition coefficient (Wildman–Crippen LogP) is 5.48. The minimum absolute atomic E-state index is 0.0946. The van der Waals surface area contributed by atoms with E-state index in [4.69, 9.17) is 0 Å². The van der Waals surface area contributed by atoms with E-state index in [-0.39, 0.29) is 5.91 Å². The molecule has 34 heavy (non-hydrogen) atoms. The standard InChI is InChI=1S/C27H29N5OS/c1-4-17-31(18-22-11-9-20(2)10-12-22)25(33)19-34-27-30-29-26(23-13-15-28-16-14-23)32(27)24-8-6-5-7-21(24)3/h5-16H,4,17-19H2,1-3H3. The van der Waals surface area contributed by atoms with Crippen molar-refractivity contribution in [1.82, 2.24) is 24.6 Å². The molecule has 4 aromatic rings. The molecule has 2 aromatic carbocycles. The highest BCUT2D eigenvalue weighted by Crippen LogP contribution is 2.29. The Bertz CT molecular complexity index is 1240. The summed E-state index contributed by atoms with van der Waals surface area (Å²) in [6.45, 7) is 7.56. The zero-order chi connectivity index (χ0) is 23.9. The number of nitrogens with zero attached hydrogens (tertiary/aromatic N) is 5. The molecule has 6 nitrogen and oxygen atoms in total. The first-order valence-corrected chi connectivity index (χ1v) is 12.4. The van der Waals surface area contributed by atoms with Gasteiger partial charge < -0.3 is 4.90 Å². The third-order valence-corrected chi connectivity index (χ3v) is 6.51. The maximum Gasteiger partial charge on any atom is 0.233 e. The number of para-hydroxylation sites is 1. The average Bonchev–Trinajstić information content (AvgIpc) is 3.28. The van der Waals surface area contributed by atoms with E-state index < -0.39 is 0 Å². The predicted molar refractivity (Wildman–Crippen MR) is 137 cm³/mol. The first-order chi connectivity index (χ1) is 16.6. The molecule has 0 bridgehead atoms. The van der Waals surface area contributed by atoms with Crippen LogP contribution in [0.3, 0.4) is 0 Å². The van der Waals surface area contributed by atoms with Gasteiger partial charge >= 0.3 is 0 Å². The van der Waals surface area contributed by atoms with Crippen molar-refractivity contribution >= 4 is 17.7 Å². The highest BCUT2D eigenvalue weighted by Gasteiger charge is 2.20. The molecule has 0 unspecified atom stereocenters. The van der Waals surface area contributed by atoms with Gasteiger partial charge in [0.1, 0.15) is 0 Å². The Morgan fingerprint density at radius 2 is 1.71 bits per heavy atom. The number of benzene rings is 2. The molecule has 0 saturated heterocycles. The molecule has 1 amide bonds. The van der Waals surface area contributed by atoms with E-state index in [0.29, 0.717) is 17.5 Å². The van der Waals surface area contributed by atoms with E-state index in [2.05, 4.69) is 72.4 Å². The molecule has 2 aromatic heterocycles. The van der Waals surface area contributed by atoms with Gasteiger partial charge in [-0.15, -0.1) is 10.2 Å². The fraction of sp³-hybridized carbons (Fsp3) is 0.259. The van der Waals surface area contributed by atoms with Gasteiger partial charge in [-0.25, -0.2) is 0 Å². The van der Waals surface area contributed by atoms with Crippen molar-refractivity contribution in [3.8, 4) is 17.1 Å². The lowest BCUT2D eigenvalue weighted by Crippen LogP contribution is -2.32. The van der Waals surface area contributed by atoms with Gasteiger partial charge in [0, 0.05) is 31.0 Å². The van der Waals surface area contributed by atoms with Gasteiger partial charge in [-0.2, -0.15) is 0 Å². The number of hydrogen-bond acceptors (Lipinski definition) is 5. The van der Waals surface area contributed by atoms with E-state index in [0.717, 1.165) is 41.2 Å². The average molecular weight is 472 g/mol. The largest absolute Gasteiger partial charge is 0.338 e. The number of hydrogen-bond donors (Lipinski definition) is 0. The van der Waals surface area contributed by atoms with Gasteiger partial charge in [-0.1, -0.05) is 66.7 Å². The van der Waals surface area contributed by atoms with Crippen LogP contribution in [0, 0.1) is 13.8 Å². The Labute approximate surface area is 205 Å². The molecule has 0 fully saturated rings. The van der Waals surface area contributed by atoms with Crippen molar-refractivity contribution in [3.63, 3.8) is 0 Å². The number of amides is 1. The second kappa shape index (κ2) is 11.1. The number of thioether (sulfide) groups is 1. The lowest BCUT2D eigenvalue weighted by molar-refractivity contribution is -0.129. The number of aryl methyl sites for hydroxylation is 2. The lowest BCUT2D eigenvalue weighted by atomic mass is 10.1. The van der Waals surface area contributed by atoms with Gasteiger partial charge in [0.15, 0.2) is 11.0 Å². The first-order valence-electron chi connectivity index (χ1n) is 11.4. The molecule has 0 atom stereocenters. The maximum absolute atomic E-state index is 13.2. The molecular formula is C27H29N5OS. The Balaban J connectivity index is 1.58. The van der Waals surface area contributed by atoms with Gasteiger partial charge in [-0.3, -0.25) is 14.3 Å². The smallest absolute Gasteiger partial charge is 0.233 e. The number of pyridine rings is 1. The third-order valence-electron chi connectivity index (χ3n) is 5.59. The Hall–Kier alpha value is -3.45. The number of carbonyl (C=O) groups excluding carboxylic acids is 1. The molecule has 0 N–H and O–H groups in total. The quantitative estimate of drug-likeness (QED) is 0.303. The molecule has 2 heterocycles. The van der Waals surface area contributed by atoms with Crippen LogP contribution >= 0.6 is 11.8 Å². The number of carbonyl (C=O) groups is 1. The monoisotopic (exact) mass is 471 g/mol. The van der Waals surface area contributed by atoms with Gasteiger partial charge in [0.05, 0.1) is 11.4 Å². The summed E-state index contributed by atoms with van der Waals surface area (Å²) in [7, 11) is 0. The zero-order valence-corrected chi connectivity index (χ0v) is 20.6. The summed E-state index contributed by atoms with van der Waals surface area (Å²) in [6, 6.07) is 20.3. The second-order valence-electron chi connectivity index (χ2n) is 8.25. The van der Waals surface area contributed by atoms with Crippen LogP contribution in [-0.2, 0) is 11.3 Å². The van der Waals surface area contributed by atoms with E-state index in [1.165, 1.54) is 17.3 Å². The van der Waals surface area contributed by atoms with E-state index in [1.54, 1.807) is 12.4 Å². The normalized spacial score (nSPS) is 10.9. The van der Waals surface area contributed by atoms with Crippen molar-refractivity contribution in [2.45, 2.75) is 38.9 Å². The van der Waals surface area contributed by atoms with Gasteiger partial charge in [0.2, 0.25) is 5.91 Å². The minimum Gasteiger partial charge on any atom is -0.338 e. The molecule has 0 aliphatic heterocycles. The molecular weight excluding hydrogens is 442 g/mol. The van der Waals surface area contributed by atoms with Crippen LogP contribution in [0.2, 0.25) is 0 Å². The van der Waals surface area contributed by atoms with Crippen LogP contribution in [0.1, 0.15) is 30.0 Å². The van der Waals surface area contributed by atoms with E-state index in [1.807, 2.05) is 33.7 Å². The Morgan fingerprint density at radius 1 is 0.971 bits per heavy atom. The van der Waals surface area contributed by atoms with Crippen LogP contribution in [0.25, 0.3) is 17.1 Å². The van der Waals surface area contributed by atoms with Gasteiger partial charge in [0.25, 0.3) is 0 Å². The summed E-state index contributed by atoms with van der Waals surface area (Å²) < 4.78 is 2.03. The molecule has 0 aliphatic rings. The molecule has 0 aliphatic carbocycles. The first kappa shape index (κ1) is 23.7. The Kier molecular flexibility index (Phi) is 7.75. The summed E-state index contributed by atoms with van der Waals surface area (Å²) in [5, 5.41) is 9.64. The maximum atomic E-state index is 13.2. The van der Waals surface area contributed by atoms with E-state index >= 15 is 0 Å². The van der Waals surface area contributed by atoms with E-state index in [9.17, 15) is 4.79 Å². The fourth-order valence-electron chi connectivity index (χ4n) is 3.78. The van der Waals surface area contributed by atoms with Crippen molar-refractivity contribution in [1.29, 1.82) is 0 Å². The van der Waals surface area contributed by atoms with Crippen LogP contribution in [-0.4, -0.2) is 42.9 Å². The molecule has 0 spiro atoms. The van der Waals surface area contributed by atoms with Gasteiger partial charge in [-0.05, 0) is 49.6 Å². The van der Waals surface area contributed by atoms with Crippen LogP contribution in [0.15, 0.2) is 78.2 Å². The van der Waals surface area contributed by atoms with Crippen LogP contribution < -0.4 is 0 Å². The SMILES string of the molecule is CCCN(Cc1ccc(C)cc1)C(=O)CSc1nnc(-c2ccncc2)n1-c1ccccc1C. The fourth-order valence-corrected chi connectivity index (χ4v) is 4.62. The zero-order valence-electron chi connectivity index (χ0n) is 19.8. The highest BCUT2D eigenvalue weighted by molar-refractivity contribution is 7.99. The van der Waals surface area contributed by atoms with Crippen molar-refractivity contribution in [2.24, 2.45) is 0 Å². The molecule has 4 rings (SSSR count). The van der Waals surface area contributed by atoms with Crippen molar-refractivity contribution in [3.05, 3.63) is 89.7 Å². The molecule has 0 radical (unpaired) electrons.